The number of aryl methyl sites for hydroxylation is 1. The van der Waals surface area contributed by atoms with E-state index >= 15 is 0 Å². The quantitative estimate of drug-likeness (QED) is 0.244. The van der Waals surface area contributed by atoms with Crippen LogP contribution in [-0.4, -0.2) is 49.5 Å². The molecule has 1 atom stereocenters. The minimum atomic E-state index is -3.83. The van der Waals surface area contributed by atoms with E-state index in [0.717, 1.165) is 40.7 Å². The van der Waals surface area contributed by atoms with E-state index in [2.05, 4.69) is 17.4 Å². The van der Waals surface area contributed by atoms with Crippen molar-refractivity contribution in [3.8, 4) is 0 Å². The predicted molar refractivity (Wildman–Crippen MR) is 192 cm³/mol. The van der Waals surface area contributed by atoms with Crippen LogP contribution in [0, 0.1) is 24.7 Å². The first-order valence-electron chi connectivity index (χ1n) is 17.5. The lowest BCUT2D eigenvalue weighted by molar-refractivity contribution is -0.140. The minimum Gasteiger partial charge on any atom is -0.350 e. The summed E-state index contributed by atoms with van der Waals surface area (Å²) in [4.78, 5) is 30.1. The van der Waals surface area contributed by atoms with Crippen molar-refractivity contribution in [1.29, 1.82) is 0 Å². The monoisotopic (exact) mass is 669 g/mol. The summed E-state index contributed by atoms with van der Waals surface area (Å²) < 4.78 is 27.9. The number of carbonyl (C=O) groups excluding carboxylic acids is 2. The fraction of sp³-hybridized carbons (Fsp3) is 0.500. The average molecular weight is 670 g/mol. The Labute approximate surface area is 287 Å². The summed E-state index contributed by atoms with van der Waals surface area (Å²) in [5.74, 6) is 1.71. The molecule has 0 spiro atoms. The molecule has 0 unspecified atom stereocenters. The summed E-state index contributed by atoms with van der Waals surface area (Å²) in [5.41, 5.74) is 4.23. The smallest absolute Gasteiger partial charge is 0.244 e. The van der Waals surface area contributed by atoms with Gasteiger partial charge in [0.15, 0.2) is 0 Å². The highest BCUT2D eigenvalue weighted by atomic mass is 32.2. The number of hydrogen-bond donors (Lipinski definition) is 1. The molecule has 2 amide bonds. The molecule has 4 aliphatic carbocycles. The molecular weight excluding hydrogens is 619 g/mol. The van der Waals surface area contributed by atoms with Crippen LogP contribution < -0.4 is 9.62 Å². The van der Waals surface area contributed by atoms with Crippen molar-refractivity contribution in [2.24, 2.45) is 17.8 Å². The molecular formula is C40H51N3O4S. The van der Waals surface area contributed by atoms with Crippen molar-refractivity contribution in [2.45, 2.75) is 96.2 Å². The lowest BCUT2D eigenvalue weighted by Gasteiger charge is -2.57. The first-order chi connectivity index (χ1) is 22.7. The molecule has 4 fully saturated rings. The summed E-state index contributed by atoms with van der Waals surface area (Å²) in [7, 11) is -3.83. The summed E-state index contributed by atoms with van der Waals surface area (Å²) >= 11 is 0. The fourth-order valence-electron chi connectivity index (χ4n) is 9.04. The lowest BCUT2D eigenvalue weighted by Crippen LogP contribution is -2.56. The van der Waals surface area contributed by atoms with E-state index in [4.69, 9.17) is 0 Å². The number of nitrogens with zero attached hydrogens (tertiary/aromatic N) is 2. The normalized spacial score (nSPS) is 23.8. The standard InChI is InChI=1S/C40H51N3O4S/c1-28-11-9-10-14-33(28)26-42(36(38(45)41-39(2,3)4)22-29-12-7-6-8-13-29)37(44)27-43(48(5,46)47)35-17-15-34(16-18-35)40-23-30-19-31(24-40)21-32(20-30)25-40/h6-18,30-32,36H,19-27H2,1-5H3,(H,41,45)/t30?,31?,32?,36-,40?/m1/s1. The number of sulfonamides is 1. The van der Waals surface area contributed by atoms with E-state index in [9.17, 15) is 18.0 Å². The van der Waals surface area contributed by atoms with E-state index in [1.807, 2.05) is 94.4 Å². The van der Waals surface area contributed by atoms with Gasteiger partial charge in [-0.2, -0.15) is 0 Å². The van der Waals surface area contributed by atoms with Crippen LogP contribution in [0.15, 0.2) is 78.9 Å². The third-order valence-electron chi connectivity index (χ3n) is 10.9. The number of anilines is 1. The highest BCUT2D eigenvalue weighted by Gasteiger charge is 2.51. The molecule has 4 saturated carbocycles. The second kappa shape index (κ2) is 13.3. The molecule has 4 bridgehead atoms. The lowest BCUT2D eigenvalue weighted by atomic mass is 9.48. The molecule has 7 nitrogen and oxygen atoms in total. The van der Waals surface area contributed by atoms with E-state index in [-0.39, 0.29) is 17.9 Å². The van der Waals surface area contributed by atoms with Gasteiger partial charge in [0.05, 0.1) is 11.9 Å². The fourth-order valence-corrected chi connectivity index (χ4v) is 9.89. The van der Waals surface area contributed by atoms with Crippen molar-refractivity contribution < 1.29 is 18.0 Å². The summed E-state index contributed by atoms with van der Waals surface area (Å²) in [6, 6.07) is 24.5. The van der Waals surface area contributed by atoms with Crippen LogP contribution in [-0.2, 0) is 38.0 Å². The van der Waals surface area contributed by atoms with Gasteiger partial charge in [0.1, 0.15) is 12.6 Å². The van der Waals surface area contributed by atoms with Crippen LogP contribution in [0.3, 0.4) is 0 Å². The molecule has 8 heteroatoms. The maximum absolute atomic E-state index is 14.5. The second-order valence-corrected chi connectivity index (χ2v) is 17.8. The Morgan fingerprint density at radius 3 is 1.96 bits per heavy atom. The van der Waals surface area contributed by atoms with Gasteiger partial charge in [-0.3, -0.25) is 13.9 Å². The van der Waals surface area contributed by atoms with Crippen molar-refractivity contribution in [3.63, 3.8) is 0 Å². The van der Waals surface area contributed by atoms with E-state index in [0.29, 0.717) is 12.1 Å². The Bertz CT molecular complexity index is 1690. The molecule has 4 aliphatic rings. The molecule has 0 heterocycles. The Balaban J connectivity index is 1.32. The topological polar surface area (TPSA) is 86.8 Å². The van der Waals surface area contributed by atoms with Gasteiger partial charge in [0, 0.05) is 18.5 Å². The predicted octanol–water partition coefficient (Wildman–Crippen LogP) is 6.78. The van der Waals surface area contributed by atoms with Crippen molar-refractivity contribution >= 4 is 27.5 Å². The second-order valence-electron chi connectivity index (χ2n) is 15.9. The first kappa shape index (κ1) is 34.2. The molecule has 48 heavy (non-hydrogen) atoms. The minimum absolute atomic E-state index is 0.170. The number of carbonyl (C=O) groups is 2. The molecule has 0 radical (unpaired) electrons. The van der Waals surface area contributed by atoms with Crippen LogP contribution in [0.2, 0.25) is 0 Å². The third kappa shape index (κ3) is 7.64. The number of amides is 2. The van der Waals surface area contributed by atoms with Gasteiger partial charge in [0.25, 0.3) is 0 Å². The molecule has 3 aromatic rings. The molecule has 1 N–H and O–H groups in total. The number of rotatable bonds is 11. The molecule has 0 saturated heterocycles. The molecule has 3 aromatic carbocycles. The zero-order valence-electron chi connectivity index (χ0n) is 29.1. The van der Waals surface area contributed by atoms with Crippen molar-refractivity contribution in [1.82, 2.24) is 10.2 Å². The van der Waals surface area contributed by atoms with E-state index < -0.39 is 34.1 Å². The highest BCUT2D eigenvalue weighted by Crippen LogP contribution is 2.60. The van der Waals surface area contributed by atoms with Crippen molar-refractivity contribution in [3.05, 3.63) is 101 Å². The first-order valence-corrected chi connectivity index (χ1v) is 19.3. The third-order valence-corrected chi connectivity index (χ3v) is 12.0. The average Bonchev–Trinajstić information content (AvgIpc) is 3.01. The summed E-state index contributed by atoms with van der Waals surface area (Å²) in [6.45, 7) is 7.48. The van der Waals surface area contributed by atoms with Gasteiger partial charge in [-0.15, -0.1) is 0 Å². The Morgan fingerprint density at radius 1 is 0.854 bits per heavy atom. The Morgan fingerprint density at radius 2 is 1.42 bits per heavy atom. The summed E-state index contributed by atoms with van der Waals surface area (Å²) in [5, 5.41) is 3.09. The van der Waals surface area contributed by atoms with Gasteiger partial charge in [-0.1, -0.05) is 66.7 Å². The SMILES string of the molecule is Cc1ccccc1CN(C(=O)CN(c1ccc(C23CC4CC(CC(C4)C2)C3)cc1)S(C)(=O)=O)[C@H](Cc1ccccc1)C(=O)NC(C)(C)C. The number of benzene rings is 3. The number of hydrogen-bond acceptors (Lipinski definition) is 4. The summed E-state index contributed by atoms with van der Waals surface area (Å²) in [6.07, 6.45) is 9.18. The zero-order valence-corrected chi connectivity index (χ0v) is 29.9. The maximum atomic E-state index is 14.5. The van der Waals surface area contributed by atoms with Crippen molar-refractivity contribution in [2.75, 3.05) is 17.1 Å². The highest BCUT2D eigenvalue weighted by molar-refractivity contribution is 7.92. The number of nitrogens with one attached hydrogen (secondary N) is 1. The van der Waals surface area contributed by atoms with Crippen LogP contribution in [0.25, 0.3) is 0 Å². The molecule has 256 valence electrons. The van der Waals surface area contributed by atoms with Gasteiger partial charge in [-0.25, -0.2) is 8.42 Å². The molecule has 7 rings (SSSR count). The zero-order chi connectivity index (χ0) is 34.3. The molecule has 0 aliphatic heterocycles. The van der Waals surface area contributed by atoms with Crippen LogP contribution in [0.5, 0.6) is 0 Å². The van der Waals surface area contributed by atoms with Gasteiger partial charge in [-0.05, 0) is 124 Å². The van der Waals surface area contributed by atoms with Gasteiger partial charge >= 0.3 is 0 Å². The Kier molecular flexibility index (Phi) is 9.51. The van der Waals surface area contributed by atoms with E-state index in [1.54, 1.807) is 4.90 Å². The van der Waals surface area contributed by atoms with Crippen LogP contribution >= 0.6 is 0 Å². The van der Waals surface area contributed by atoms with Gasteiger partial charge in [0.2, 0.25) is 21.8 Å². The maximum Gasteiger partial charge on any atom is 0.244 e. The Hall–Kier alpha value is -3.65. The van der Waals surface area contributed by atoms with Crippen LogP contribution in [0.1, 0.15) is 81.5 Å². The van der Waals surface area contributed by atoms with Crippen LogP contribution in [0.4, 0.5) is 5.69 Å². The largest absolute Gasteiger partial charge is 0.350 e. The van der Waals surface area contributed by atoms with Gasteiger partial charge < -0.3 is 10.2 Å². The van der Waals surface area contributed by atoms with E-state index in [1.165, 1.54) is 48.4 Å². The molecule has 0 aromatic heterocycles.